The number of nitrogen functional groups attached to an aromatic ring is 1. The third-order valence-corrected chi connectivity index (χ3v) is 2.58. The van der Waals surface area contributed by atoms with Gasteiger partial charge in [0.15, 0.2) is 0 Å². The molecule has 0 spiro atoms. The van der Waals surface area contributed by atoms with Crippen molar-refractivity contribution in [1.82, 2.24) is 15.1 Å². The van der Waals surface area contributed by atoms with E-state index < -0.39 is 0 Å². The van der Waals surface area contributed by atoms with E-state index >= 15 is 0 Å². The van der Waals surface area contributed by atoms with Crippen molar-refractivity contribution >= 4 is 11.6 Å². The Hall–Kier alpha value is -1.56. The van der Waals surface area contributed by atoms with Crippen LogP contribution in [-0.2, 0) is 16.1 Å². The lowest BCUT2D eigenvalue weighted by Gasteiger charge is -2.06. The number of carbonyl (C=O) groups is 1. The molecule has 1 amide bonds. The molecule has 1 fully saturated rings. The number of carbonyl (C=O) groups excluding carboxylic acids is 1. The van der Waals surface area contributed by atoms with Crippen LogP contribution in [0.2, 0.25) is 0 Å². The van der Waals surface area contributed by atoms with Crippen LogP contribution < -0.4 is 11.1 Å². The molecule has 17 heavy (non-hydrogen) atoms. The van der Waals surface area contributed by atoms with Crippen molar-refractivity contribution in [3.8, 4) is 0 Å². The Kier molecular flexibility index (Phi) is 3.98. The maximum Gasteiger partial charge on any atom is 0.241 e. The van der Waals surface area contributed by atoms with Gasteiger partial charge in [-0.15, -0.1) is 0 Å². The summed E-state index contributed by atoms with van der Waals surface area (Å²) >= 11 is 0. The van der Waals surface area contributed by atoms with Gasteiger partial charge in [-0.3, -0.25) is 9.48 Å². The predicted octanol–water partition coefficient (Wildman–Crippen LogP) is 0.00810. The van der Waals surface area contributed by atoms with Crippen LogP contribution in [0.15, 0.2) is 12.4 Å². The first-order valence-corrected chi connectivity index (χ1v) is 5.86. The van der Waals surface area contributed by atoms with E-state index in [1.54, 1.807) is 6.20 Å². The van der Waals surface area contributed by atoms with Crippen molar-refractivity contribution in [3.63, 3.8) is 0 Å². The first kappa shape index (κ1) is 11.9. The number of anilines is 1. The van der Waals surface area contributed by atoms with Gasteiger partial charge in [0.05, 0.1) is 18.5 Å². The van der Waals surface area contributed by atoms with Gasteiger partial charge >= 0.3 is 0 Å². The van der Waals surface area contributed by atoms with Crippen LogP contribution >= 0.6 is 0 Å². The topological polar surface area (TPSA) is 82.2 Å². The van der Waals surface area contributed by atoms with Crippen LogP contribution in [0, 0.1) is 5.92 Å². The molecule has 0 bridgehead atoms. The summed E-state index contributed by atoms with van der Waals surface area (Å²) in [5.74, 6) is 0.681. The molecule has 1 aromatic heterocycles. The summed E-state index contributed by atoms with van der Waals surface area (Å²) in [5.41, 5.74) is 6.05. The Labute approximate surface area is 100 Å². The Bertz CT molecular complexity index is 373. The molecule has 0 unspecified atom stereocenters. The van der Waals surface area contributed by atoms with Gasteiger partial charge in [-0.05, 0) is 18.8 Å². The van der Waals surface area contributed by atoms with Gasteiger partial charge in [0.1, 0.15) is 6.54 Å². The molecule has 0 aromatic carbocycles. The molecule has 0 radical (unpaired) electrons. The quantitative estimate of drug-likeness (QED) is 0.655. The number of amides is 1. The molecule has 2 rings (SSSR count). The van der Waals surface area contributed by atoms with E-state index in [9.17, 15) is 4.79 Å². The van der Waals surface area contributed by atoms with Crippen LogP contribution in [-0.4, -0.2) is 35.4 Å². The Morgan fingerprint density at radius 3 is 3.12 bits per heavy atom. The molecule has 0 atom stereocenters. The standard InChI is InChI=1S/C11H18N4O2/c12-10-5-14-15(6-10)7-11(16)13-3-4-17-8-9-1-2-9/h5-6,9H,1-4,7-8,12H2,(H,13,16). The minimum atomic E-state index is -0.0804. The van der Waals surface area contributed by atoms with Crippen molar-refractivity contribution < 1.29 is 9.53 Å². The third kappa shape index (κ3) is 4.44. The highest BCUT2D eigenvalue weighted by atomic mass is 16.5. The lowest BCUT2D eigenvalue weighted by Crippen LogP contribution is -2.30. The molecule has 1 aromatic rings. The first-order valence-electron chi connectivity index (χ1n) is 5.86. The van der Waals surface area contributed by atoms with E-state index in [1.807, 2.05) is 0 Å². The number of nitrogens with zero attached hydrogens (tertiary/aromatic N) is 2. The molecule has 3 N–H and O–H groups in total. The average Bonchev–Trinajstić information content (AvgIpc) is 3.02. The van der Waals surface area contributed by atoms with E-state index in [0.717, 1.165) is 12.5 Å². The highest BCUT2D eigenvalue weighted by molar-refractivity contribution is 5.75. The number of hydrogen-bond donors (Lipinski definition) is 2. The molecule has 1 aliphatic rings. The van der Waals surface area contributed by atoms with Gasteiger partial charge in [-0.1, -0.05) is 0 Å². The van der Waals surface area contributed by atoms with Gasteiger partial charge in [-0.2, -0.15) is 5.10 Å². The minimum Gasteiger partial charge on any atom is -0.396 e. The third-order valence-electron chi connectivity index (χ3n) is 2.58. The highest BCUT2D eigenvalue weighted by Crippen LogP contribution is 2.28. The van der Waals surface area contributed by atoms with Crippen LogP contribution in [0.5, 0.6) is 0 Å². The molecule has 1 saturated carbocycles. The fourth-order valence-electron chi connectivity index (χ4n) is 1.47. The van der Waals surface area contributed by atoms with Crippen LogP contribution in [0.3, 0.4) is 0 Å². The summed E-state index contributed by atoms with van der Waals surface area (Å²) in [4.78, 5) is 11.5. The first-order chi connectivity index (χ1) is 8.24. The van der Waals surface area contributed by atoms with Crippen molar-refractivity contribution in [1.29, 1.82) is 0 Å². The van der Waals surface area contributed by atoms with Gasteiger partial charge in [-0.25, -0.2) is 0 Å². The summed E-state index contributed by atoms with van der Waals surface area (Å²) in [5, 5.41) is 6.70. The highest BCUT2D eigenvalue weighted by Gasteiger charge is 2.20. The second-order valence-electron chi connectivity index (χ2n) is 4.34. The molecule has 1 heterocycles. The summed E-state index contributed by atoms with van der Waals surface area (Å²) in [7, 11) is 0. The Balaban J connectivity index is 1.54. The fourth-order valence-corrected chi connectivity index (χ4v) is 1.47. The van der Waals surface area contributed by atoms with Crippen LogP contribution in [0.25, 0.3) is 0 Å². The van der Waals surface area contributed by atoms with Crippen LogP contribution in [0.1, 0.15) is 12.8 Å². The van der Waals surface area contributed by atoms with E-state index in [4.69, 9.17) is 10.5 Å². The van der Waals surface area contributed by atoms with Gasteiger partial charge in [0, 0.05) is 19.3 Å². The summed E-state index contributed by atoms with van der Waals surface area (Å²) in [6.07, 6.45) is 5.72. The molecule has 6 heteroatoms. The zero-order valence-electron chi connectivity index (χ0n) is 9.76. The lowest BCUT2D eigenvalue weighted by atomic mass is 10.5. The maximum atomic E-state index is 11.5. The van der Waals surface area contributed by atoms with E-state index in [2.05, 4.69) is 10.4 Å². The van der Waals surface area contributed by atoms with Crippen molar-refractivity contribution in [2.24, 2.45) is 5.92 Å². The zero-order chi connectivity index (χ0) is 12.1. The predicted molar refractivity (Wildman–Crippen MR) is 63.2 cm³/mol. The molecule has 94 valence electrons. The molecule has 0 aliphatic heterocycles. The smallest absolute Gasteiger partial charge is 0.241 e. The average molecular weight is 238 g/mol. The SMILES string of the molecule is Nc1cnn(CC(=O)NCCOCC2CC2)c1. The summed E-state index contributed by atoms with van der Waals surface area (Å²) in [6, 6.07) is 0. The van der Waals surface area contributed by atoms with Gasteiger partial charge < -0.3 is 15.8 Å². The monoisotopic (exact) mass is 238 g/mol. The summed E-state index contributed by atoms with van der Waals surface area (Å²) in [6.45, 7) is 2.14. The number of rotatable bonds is 7. The van der Waals surface area contributed by atoms with E-state index in [1.165, 1.54) is 23.7 Å². The van der Waals surface area contributed by atoms with Crippen molar-refractivity contribution in [2.45, 2.75) is 19.4 Å². The molecule has 0 saturated heterocycles. The second-order valence-corrected chi connectivity index (χ2v) is 4.34. The Morgan fingerprint density at radius 2 is 2.47 bits per heavy atom. The number of aromatic nitrogens is 2. The lowest BCUT2D eigenvalue weighted by molar-refractivity contribution is -0.122. The van der Waals surface area contributed by atoms with Gasteiger partial charge in [0.2, 0.25) is 5.91 Å². The van der Waals surface area contributed by atoms with E-state index in [-0.39, 0.29) is 12.5 Å². The van der Waals surface area contributed by atoms with E-state index in [0.29, 0.717) is 18.8 Å². The number of nitrogens with two attached hydrogens (primary N) is 1. The molecule has 1 aliphatic carbocycles. The maximum absolute atomic E-state index is 11.5. The Morgan fingerprint density at radius 1 is 1.65 bits per heavy atom. The normalized spacial score (nSPS) is 14.8. The second kappa shape index (κ2) is 5.67. The minimum absolute atomic E-state index is 0.0804. The number of ether oxygens (including phenoxy) is 1. The van der Waals surface area contributed by atoms with Gasteiger partial charge in [0.25, 0.3) is 0 Å². The molecule has 6 nitrogen and oxygen atoms in total. The number of nitrogens with one attached hydrogen (secondary N) is 1. The number of hydrogen-bond acceptors (Lipinski definition) is 4. The van der Waals surface area contributed by atoms with Crippen molar-refractivity contribution in [2.75, 3.05) is 25.5 Å². The fraction of sp³-hybridized carbons (Fsp3) is 0.636. The van der Waals surface area contributed by atoms with Crippen molar-refractivity contribution in [3.05, 3.63) is 12.4 Å². The zero-order valence-corrected chi connectivity index (χ0v) is 9.76. The largest absolute Gasteiger partial charge is 0.396 e. The van der Waals surface area contributed by atoms with Crippen LogP contribution in [0.4, 0.5) is 5.69 Å². The molecular formula is C11H18N4O2. The summed E-state index contributed by atoms with van der Waals surface area (Å²) < 4.78 is 6.91. The molecular weight excluding hydrogens is 220 g/mol.